The molecule has 18 heavy (non-hydrogen) atoms. The van der Waals surface area contributed by atoms with Crippen LogP contribution in [0.15, 0.2) is 6.33 Å². The number of nitrogens with two attached hydrogens (primary N) is 1. The highest BCUT2D eigenvalue weighted by Gasteiger charge is 2.27. The van der Waals surface area contributed by atoms with E-state index in [4.69, 9.17) is 5.73 Å². The second-order valence-corrected chi connectivity index (χ2v) is 4.32. The number of hydrogen-bond donors (Lipinski definition) is 3. The van der Waals surface area contributed by atoms with Crippen molar-refractivity contribution in [1.82, 2.24) is 9.97 Å². The van der Waals surface area contributed by atoms with Crippen LogP contribution in [-0.4, -0.2) is 32.1 Å². The van der Waals surface area contributed by atoms with E-state index in [0.717, 1.165) is 19.3 Å². The van der Waals surface area contributed by atoms with Crippen molar-refractivity contribution in [2.45, 2.75) is 37.8 Å². The van der Waals surface area contributed by atoms with Gasteiger partial charge in [-0.15, -0.1) is 0 Å². The summed E-state index contributed by atoms with van der Waals surface area (Å²) in [5.41, 5.74) is 5.13. The molecule has 1 aliphatic rings. The Hall–Kier alpha value is -1.96. The van der Waals surface area contributed by atoms with Gasteiger partial charge >= 0.3 is 5.69 Å². The van der Waals surface area contributed by atoms with Crippen LogP contribution in [0, 0.1) is 10.1 Å². The van der Waals surface area contributed by atoms with E-state index in [2.05, 4.69) is 15.3 Å². The minimum Gasteiger partial charge on any atom is -0.391 e. The van der Waals surface area contributed by atoms with Gasteiger partial charge in [0.1, 0.15) is 6.33 Å². The predicted octanol–water partition coefficient (Wildman–Crippen LogP) is 0.682. The SMILES string of the molecule is Nc1ncnc(NC2CCCCC2O)c1[N+](=O)[O-]. The minimum atomic E-state index is -0.618. The molecule has 2 unspecified atom stereocenters. The summed E-state index contributed by atoms with van der Waals surface area (Å²) >= 11 is 0. The molecule has 0 aliphatic heterocycles. The van der Waals surface area contributed by atoms with Crippen LogP contribution in [-0.2, 0) is 0 Å². The van der Waals surface area contributed by atoms with E-state index >= 15 is 0 Å². The molecule has 0 amide bonds. The molecule has 1 aromatic rings. The van der Waals surface area contributed by atoms with Crippen molar-refractivity contribution < 1.29 is 10.0 Å². The maximum absolute atomic E-state index is 10.9. The van der Waals surface area contributed by atoms with Gasteiger partial charge in [0.05, 0.1) is 17.1 Å². The Morgan fingerprint density at radius 2 is 2.17 bits per heavy atom. The van der Waals surface area contributed by atoms with E-state index in [1.807, 2.05) is 0 Å². The van der Waals surface area contributed by atoms with Gasteiger partial charge in [-0.1, -0.05) is 12.8 Å². The summed E-state index contributed by atoms with van der Waals surface area (Å²) in [4.78, 5) is 17.7. The quantitative estimate of drug-likeness (QED) is 0.533. The van der Waals surface area contributed by atoms with Crippen molar-refractivity contribution in [3.05, 3.63) is 16.4 Å². The summed E-state index contributed by atoms with van der Waals surface area (Å²) in [6, 6.07) is -0.230. The first-order valence-corrected chi connectivity index (χ1v) is 5.79. The zero-order chi connectivity index (χ0) is 13.1. The molecule has 8 heteroatoms. The third kappa shape index (κ3) is 2.48. The standard InChI is InChI=1S/C10H15N5O3/c11-9-8(15(17)18)10(13-5-12-9)14-6-3-1-2-4-7(6)16/h5-7,16H,1-4H2,(H3,11,12,13,14). The van der Waals surface area contributed by atoms with E-state index in [9.17, 15) is 15.2 Å². The van der Waals surface area contributed by atoms with Crippen LogP contribution in [0.4, 0.5) is 17.3 Å². The Morgan fingerprint density at radius 3 is 2.83 bits per heavy atom. The Bertz CT molecular complexity index is 453. The van der Waals surface area contributed by atoms with E-state index in [1.54, 1.807) is 0 Å². The third-order valence-electron chi connectivity index (χ3n) is 3.08. The van der Waals surface area contributed by atoms with Gasteiger partial charge < -0.3 is 16.2 Å². The van der Waals surface area contributed by atoms with Crippen LogP contribution in [0.3, 0.4) is 0 Å². The van der Waals surface area contributed by atoms with E-state index in [1.165, 1.54) is 6.33 Å². The first kappa shape index (κ1) is 12.5. The number of aliphatic hydroxyl groups excluding tert-OH is 1. The van der Waals surface area contributed by atoms with Crippen molar-refractivity contribution in [2.75, 3.05) is 11.1 Å². The van der Waals surface area contributed by atoms with E-state index in [-0.39, 0.29) is 23.4 Å². The second kappa shape index (κ2) is 5.13. The lowest BCUT2D eigenvalue weighted by Gasteiger charge is -2.28. The van der Waals surface area contributed by atoms with Crippen molar-refractivity contribution >= 4 is 17.3 Å². The lowest BCUT2D eigenvalue weighted by atomic mass is 9.92. The van der Waals surface area contributed by atoms with Crippen LogP contribution in [0.1, 0.15) is 25.7 Å². The first-order valence-electron chi connectivity index (χ1n) is 5.79. The van der Waals surface area contributed by atoms with Crippen molar-refractivity contribution in [1.29, 1.82) is 0 Å². The largest absolute Gasteiger partial charge is 0.391 e. The number of nitrogens with one attached hydrogen (secondary N) is 1. The molecule has 0 spiro atoms. The molecule has 98 valence electrons. The molecule has 8 nitrogen and oxygen atoms in total. The van der Waals surface area contributed by atoms with Crippen molar-refractivity contribution in [2.24, 2.45) is 0 Å². The minimum absolute atomic E-state index is 0.0680. The average Bonchev–Trinajstić information content (AvgIpc) is 2.31. The van der Waals surface area contributed by atoms with Gasteiger partial charge in [0.15, 0.2) is 0 Å². The van der Waals surface area contributed by atoms with Crippen molar-refractivity contribution in [3.8, 4) is 0 Å². The third-order valence-corrected chi connectivity index (χ3v) is 3.08. The van der Waals surface area contributed by atoms with Crippen molar-refractivity contribution in [3.63, 3.8) is 0 Å². The summed E-state index contributed by atoms with van der Waals surface area (Å²) in [7, 11) is 0. The van der Waals surface area contributed by atoms with Gasteiger partial charge in [-0.3, -0.25) is 10.1 Å². The van der Waals surface area contributed by atoms with Gasteiger partial charge in [0, 0.05) is 0 Å². The summed E-state index contributed by atoms with van der Waals surface area (Å²) in [6.07, 6.45) is 4.03. The molecule has 2 atom stereocenters. The highest BCUT2D eigenvalue weighted by atomic mass is 16.6. The second-order valence-electron chi connectivity index (χ2n) is 4.32. The lowest BCUT2D eigenvalue weighted by Crippen LogP contribution is -2.36. The molecule has 2 rings (SSSR count). The Labute approximate surface area is 103 Å². The van der Waals surface area contributed by atoms with E-state index < -0.39 is 11.0 Å². The number of rotatable bonds is 3. The smallest absolute Gasteiger partial charge is 0.352 e. The molecule has 0 bridgehead atoms. The van der Waals surface area contributed by atoms with Gasteiger partial charge in [0.25, 0.3) is 0 Å². The zero-order valence-corrected chi connectivity index (χ0v) is 9.74. The van der Waals surface area contributed by atoms with Crippen LogP contribution in [0.25, 0.3) is 0 Å². The summed E-state index contributed by atoms with van der Waals surface area (Å²) < 4.78 is 0. The van der Waals surface area contributed by atoms with Crippen LogP contribution >= 0.6 is 0 Å². The number of aromatic nitrogens is 2. The highest BCUT2D eigenvalue weighted by Crippen LogP contribution is 2.29. The monoisotopic (exact) mass is 253 g/mol. The maximum atomic E-state index is 10.9. The van der Waals surface area contributed by atoms with Gasteiger partial charge in [-0.05, 0) is 12.8 Å². The highest BCUT2D eigenvalue weighted by molar-refractivity contribution is 5.67. The molecule has 0 aromatic carbocycles. The molecule has 1 saturated carbocycles. The summed E-state index contributed by atoms with van der Waals surface area (Å²) in [6.45, 7) is 0. The number of nitro groups is 1. The van der Waals surface area contributed by atoms with Gasteiger partial charge in [0.2, 0.25) is 11.6 Å². The number of hydrogen-bond acceptors (Lipinski definition) is 7. The van der Waals surface area contributed by atoms with Crippen LogP contribution in [0.2, 0.25) is 0 Å². The van der Waals surface area contributed by atoms with E-state index in [0.29, 0.717) is 6.42 Å². The normalized spacial score (nSPS) is 23.6. The fourth-order valence-corrected chi connectivity index (χ4v) is 2.13. The Morgan fingerprint density at radius 1 is 1.44 bits per heavy atom. The van der Waals surface area contributed by atoms with Gasteiger partial charge in [-0.25, -0.2) is 9.97 Å². The number of anilines is 2. The molecule has 0 saturated heterocycles. The van der Waals surface area contributed by atoms with Gasteiger partial charge in [-0.2, -0.15) is 0 Å². The summed E-state index contributed by atoms with van der Waals surface area (Å²) in [5.74, 6) is -0.110. The molecule has 1 fully saturated rings. The number of nitrogens with zero attached hydrogens (tertiary/aromatic N) is 3. The average molecular weight is 253 g/mol. The Balaban J connectivity index is 2.23. The molecule has 1 heterocycles. The predicted molar refractivity (Wildman–Crippen MR) is 65.0 cm³/mol. The van der Waals surface area contributed by atoms with Crippen LogP contribution < -0.4 is 11.1 Å². The molecule has 0 radical (unpaired) electrons. The number of aliphatic hydroxyl groups is 1. The molecular weight excluding hydrogens is 238 g/mol. The number of nitrogen functional groups attached to an aromatic ring is 1. The molecule has 4 N–H and O–H groups in total. The molecule has 1 aliphatic carbocycles. The van der Waals surface area contributed by atoms with Crippen LogP contribution in [0.5, 0.6) is 0 Å². The summed E-state index contributed by atoms with van der Waals surface area (Å²) in [5, 5.41) is 23.6. The Kier molecular flexibility index (Phi) is 3.56. The fraction of sp³-hybridized carbons (Fsp3) is 0.600. The topological polar surface area (TPSA) is 127 Å². The molecular formula is C10H15N5O3. The first-order chi connectivity index (χ1) is 8.59. The lowest BCUT2D eigenvalue weighted by molar-refractivity contribution is -0.383. The maximum Gasteiger partial charge on any atom is 0.352 e. The fourth-order valence-electron chi connectivity index (χ4n) is 2.13. The zero-order valence-electron chi connectivity index (χ0n) is 9.74. The molecule has 1 aromatic heterocycles.